The topological polar surface area (TPSA) is 69.7 Å². The summed E-state index contributed by atoms with van der Waals surface area (Å²) in [7, 11) is -3.66. The van der Waals surface area contributed by atoms with E-state index in [0.29, 0.717) is 38.5 Å². The molecule has 1 amide bonds. The summed E-state index contributed by atoms with van der Waals surface area (Å²) in [6, 6.07) is 4.85. The van der Waals surface area contributed by atoms with Crippen LogP contribution >= 0.6 is 0 Å². The summed E-state index contributed by atoms with van der Waals surface area (Å²) in [5.74, 6) is 0.264. The summed E-state index contributed by atoms with van der Waals surface area (Å²) in [4.78, 5) is 14.1. The highest BCUT2D eigenvalue weighted by Crippen LogP contribution is 2.27. The van der Waals surface area contributed by atoms with Crippen LogP contribution in [0.4, 0.5) is 4.39 Å². The van der Waals surface area contributed by atoms with E-state index in [-0.39, 0.29) is 17.3 Å². The molecule has 3 rings (SSSR count). The first kappa shape index (κ1) is 18.3. The van der Waals surface area contributed by atoms with E-state index in [1.165, 1.54) is 29.3 Å². The highest BCUT2D eigenvalue weighted by molar-refractivity contribution is 7.89. The van der Waals surface area contributed by atoms with Crippen molar-refractivity contribution in [3.05, 3.63) is 30.1 Å². The number of nitrogens with one attached hydrogen (secondary N) is 1. The lowest BCUT2D eigenvalue weighted by atomic mass is 10.3. The van der Waals surface area contributed by atoms with Crippen LogP contribution < -0.4 is 5.32 Å². The Balaban J connectivity index is 1.56. The molecule has 2 fully saturated rings. The van der Waals surface area contributed by atoms with Crippen molar-refractivity contribution in [2.24, 2.45) is 5.92 Å². The minimum Gasteiger partial charge on any atom is -0.340 e. The fourth-order valence-electron chi connectivity index (χ4n) is 2.96. The van der Waals surface area contributed by atoms with E-state index in [2.05, 4.69) is 5.32 Å². The van der Waals surface area contributed by atoms with E-state index < -0.39 is 15.8 Å². The molecule has 1 N–H and O–H groups in total. The molecule has 0 spiro atoms. The van der Waals surface area contributed by atoms with Gasteiger partial charge < -0.3 is 10.2 Å². The molecule has 1 saturated heterocycles. The number of benzene rings is 1. The van der Waals surface area contributed by atoms with Crippen molar-refractivity contribution in [2.75, 3.05) is 39.3 Å². The Kier molecular flexibility index (Phi) is 5.71. The molecular weight excluding hydrogens is 345 g/mol. The molecule has 138 valence electrons. The molecule has 1 heterocycles. The molecule has 1 aromatic carbocycles. The second-order valence-corrected chi connectivity index (χ2v) is 8.60. The van der Waals surface area contributed by atoms with Crippen molar-refractivity contribution in [1.82, 2.24) is 14.5 Å². The third-order valence-corrected chi connectivity index (χ3v) is 6.58. The Labute approximate surface area is 148 Å². The van der Waals surface area contributed by atoms with E-state index in [9.17, 15) is 17.6 Å². The van der Waals surface area contributed by atoms with Crippen LogP contribution in [0.15, 0.2) is 29.2 Å². The lowest BCUT2D eigenvalue weighted by Gasteiger charge is -2.22. The molecule has 0 radical (unpaired) electrons. The normalized spacial score (nSPS) is 19.6. The number of sulfonamides is 1. The second kappa shape index (κ2) is 7.80. The van der Waals surface area contributed by atoms with Gasteiger partial charge in [0.2, 0.25) is 15.9 Å². The van der Waals surface area contributed by atoms with Crippen LogP contribution in [0.5, 0.6) is 0 Å². The van der Waals surface area contributed by atoms with Gasteiger partial charge in [-0.2, -0.15) is 4.31 Å². The average molecular weight is 369 g/mol. The zero-order valence-electron chi connectivity index (χ0n) is 14.2. The van der Waals surface area contributed by atoms with Crippen molar-refractivity contribution < 1.29 is 17.6 Å². The van der Waals surface area contributed by atoms with Gasteiger partial charge in [-0.1, -0.05) is 0 Å². The van der Waals surface area contributed by atoms with Gasteiger partial charge in [0.05, 0.1) is 11.4 Å². The van der Waals surface area contributed by atoms with Gasteiger partial charge >= 0.3 is 0 Å². The quantitative estimate of drug-likeness (QED) is 0.814. The summed E-state index contributed by atoms with van der Waals surface area (Å²) in [5.41, 5.74) is 0. The smallest absolute Gasteiger partial charge is 0.243 e. The van der Waals surface area contributed by atoms with Gasteiger partial charge in [-0.15, -0.1) is 0 Å². The summed E-state index contributed by atoms with van der Waals surface area (Å²) in [5, 5.41) is 3.18. The Morgan fingerprint density at radius 2 is 1.84 bits per heavy atom. The predicted molar refractivity (Wildman–Crippen MR) is 91.9 cm³/mol. The van der Waals surface area contributed by atoms with Crippen LogP contribution in [-0.2, 0) is 14.8 Å². The molecule has 0 bridgehead atoms. The van der Waals surface area contributed by atoms with Crippen molar-refractivity contribution in [3.63, 3.8) is 0 Å². The Morgan fingerprint density at radius 1 is 1.12 bits per heavy atom. The van der Waals surface area contributed by atoms with E-state index in [0.717, 1.165) is 18.7 Å². The first-order valence-electron chi connectivity index (χ1n) is 8.71. The number of hydrogen-bond acceptors (Lipinski definition) is 4. The minimum atomic E-state index is -3.66. The Hall–Kier alpha value is -1.51. The van der Waals surface area contributed by atoms with Crippen LogP contribution in [0.3, 0.4) is 0 Å². The molecule has 25 heavy (non-hydrogen) atoms. The van der Waals surface area contributed by atoms with Gasteiger partial charge in [-0.25, -0.2) is 12.8 Å². The molecule has 8 heteroatoms. The molecule has 0 atom stereocenters. The molecule has 1 aliphatic carbocycles. The fraction of sp³-hybridized carbons (Fsp3) is 0.588. The first-order chi connectivity index (χ1) is 12.0. The summed E-state index contributed by atoms with van der Waals surface area (Å²) < 4.78 is 39.7. The molecular formula is C17H24FN3O3S. The maximum atomic E-state index is 13.0. The van der Waals surface area contributed by atoms with Gasteiger partial charge in [0.1, 0.15) is 5.82 Å². The summed E-state index contributed by atoms with van der Waals surface area (Å²) in [6.07, 6.45) is 3.07. The van der Waals surface area contributed by atoms with Gasteiger partial charge in [0.15, 0.2) is 0 Å². The molecule has 2 aliphatic rings. The zero-order valence-corrected chi connectivity index (χ0v) is 15.0. The highest BCUT2D eigenvalue weighted by atomic mass is 32.2. The van der Waals surface area contributed by atoms with Gasteiger partial charge in [-0.05, 0) is 56.0 Å². The molecule has 6 nitrogen and oxygen atoms in total. The number of amides is 1. The fourth-order valence-corrected chi connectivity index (χ4v) is 4.43. The third kappa shape index (κ3) is 4.77. The average Bonchev–Trinajstić information content (AvgIpc) is 3.41. The lowest BCUT2D eigenvalue weighted by Crippen LogP contribution is -2.41. The van der Waals surface area contributed by atoms with Gasteiger partial charge in [-0.3, -0.25) is 4.79 Å². The van der Waals surface area contributed by atoms with E-state index in [1.54, 1.807) is 4.90 Å². The number of carbonyl (C=O) groups is 1. The number of carbonyl (C=O) groups excluding carboxylic acids is 1. The van der Waals surface area contributed by atoms with Crippen molar-refractivity contribution in [2.45, 2.75) is 24.2 Å². The van der Waals surface area contributed by atoms with Gasteiger partial charge in [0.25, 0.3) is 0 Å². The number of nitrogens with zero attached hydrogens (tertiary/aromatic N) is 2. The zero-order chi connectivity index (χ0) is 17.9. The largest absolute Gasteiger partial charge is 0.340 e. The molecule has 1 saturated carbocycles. The molecule has 0 unspecified atom stereocenters. The third-order valence-electron chi connectivity index (χ3n) is 4.67. The summed E-state index contributed by atoms with van der Waals surface area (Å²) >= 11 is 0. The van der Waals surface area contributed by atoms with Gasteiger partial charge in [0, 0.05) is 26.2 Å². The number of rotatable bonds is 6. The first-order valence-corrected chi connectivity index (χ1v) is 10.1. The Bertz CT molecular complexity index is 704. The lowest BCUT2D eigenvalue weighted by molar-refractivity contribution is -0.130. The second-order valence-electron chi connectivity index (χ2n) is 6.67. The number of hydrogen-bond donors (Lipinski definition) is 1. The predicted octanol–water partition coefficient (Wildman–Crippen LogP) is 1.05. The van der Waals surface area contributed by atoms with E-state index in [4.69, 9.17) is 0 Å². The van der Waals surface area contributed by atoms with Crippen molar-refractivity contribution >= 4 is 15.9 Å². The standard InChI is InChI=1S/C17H24FN3O3S/c18-15-4-6-16(7-5-15)25(23,24)21-9-1-8-20(10-11-21)17(22)13-19-12-14-2-3-14/h4-7,14,19H,1-3,8-13H2. The van der Waals surface area contributed by atoms with Crippen LogP contribution in [0.2, 0.25) is 0 Å². The maximum absolute atomic E-state index is 13.0. The van der Waals surface area contributed by atoms with E-state index in [1.807, 2.05) is 0 Å². The monoisotopic (exact) mass is 369 g/mol. The van der Waals surface area contributed by atoms with Crippen LogP contribution in [0.1, 0.15) is 19.3 Å². The van der Waals surface area contributed by atoms with E-state index >= 15 is 0 Å². The molecule has 1 aliphatic heterocycles. The number of halogens is 1. The molecule has 0 aromatic heterocycles. The van der Waals surface area contributed by atoms with Crippen LogP contribution in [0.25, 0.3) is 0 Å². The SMILES string of the molecule is O=C(CNCC1CC1)N1CCCN(S(=O)(=O)c2ccc(F)cc2)CC1. The maximum Gasteiger partial charge on any atom is 0.243 e. The Morgan fingerprint density at radius 3 is 2.52 bits per heavy atom. The highest BCUT2D eigenvalue weighted by Gasteiger charge is 2.28. The van der Waals surface area contributed by atoms with Crippen molar-refractivity contribution in [1.29, 1.82) is 0 Å². The van der Waals surface area contributed by atoms with Crippen LogP contribution in [-0.4, -0.2) is 62.8 Å². The molecule has 1 aromatic rings. The van der Waals surface area contributed by atoms with Crippen molar-refractivity contribution in [3.8, 4) is 0 Å². The summed E-state index contributed by atoms with van der Waals surface area (Å²) in [6.45, 7) is 2.74. The van der Waals surface area contributed by atoms with Crippen LogP contribution in [0, 0.1) is 11.7 Å². The minimum absolute atomic E-state index is 0.0154.